The zero-order chi connectivity index (χ0) is 10.7. The molecule has 0 rings (SSSR count). The summed E-state index contributed by atoms with van der Waals surface area (Å²) in [6.45, 7) is 1.36. The van der Waals surface area contributed by atoms with Gasteiger partial charge < -0.3 is 14.2 Å². The van der Waals surface area contributed by atoms with Crippen LogP contribution in [0.3, 0.4) is 0 Å². The van der Waals surface area contributed by atoms with Crippen molar-refractivity contribution in [3.63, 3.8) is 0 Å². The standard InChI is InChI=1S/C3H4Cl2O3.C3H6O2/c4-1-7-3(6)8-2-5;1-3(4)5-2/h1-2H2;1-2H3. The molecule has 0 fully saturated rings. The SMILES string of the molecule is COC(C)=O.O=C(OCCl)OCCl. The Kier molecular flexibility index (Phi) is 12.9. The molecule has 0 saturated heterocycles. The molecule has 13 heavy (non-hydrogen) atoms. The highest BCUT2D eigenvalue weighted by Crippen LogP contribution is 1.87. The Hall–Kier alpha value is -0.680. The molecule has 0 aliphatic rings. The highest BCUT2D eigenvalue weighted by molar-refractivity contribution is 6.18. The lowest BCUT2D eigenvalue weighted by Gasteiger charge is -1.96. The van der Waals surface area contributed by atoms with Crippen LogP contribution in [0, 0.1) is 0 Å². The molecule has 5 nitrogen and oxygen atoms in total. The topological polar surface area (TPSA) is 61.8 Å². The van der Waals surface area contributed by atoms with Gasteiger partial charge in [-0.15, -0.1) is 0 Å². The molecule has 0 aliphatic heterocycles. The Bertz CT molecular complexity index is 142. The highest BCUT2D eigenvalue weighted by Gasteiger charge is 1.97. The van der Waals surface area contributed by atoms with Gasteiger partial charge in [0.15, 0.2) is 12.1 Å². The fourth-order valence-corrected chi connectivity index (χ4v) is 0.309. The Morgan fingerprint density at radius 2 is 1.46 bits per heavy atom. The summed E-state index contributed by atoms with van der Waals surface area (Å²) in [6, 6.07) is -0.425. The van der Waals surface area contributed by atoms with Gasteiger partial charge in [-0.3, -0.25) is 4.79 Å². The van der Waals surface area contributed by atoms with Crippen molar-refractivity contribution in [2.45, 2.75) is 6.92 Å². The molecule has 0 N–H and O–H groups in total. The van der Waals surface area contributed by atoms with E-state index in [1.807, 2.05) is 0 Å². The third kappa shape index (κ3) is 18.4. The fraction of sp³-hybridized carbons (Fsp3) is 0.667. The molecule has 0 bridgehead atoms. The van der Waals surface area contributed by atoms with E-state index >= 15 is 0 Å². The van der Waals surface area contributed by atoms with Crippen LogP contribution in [0.5, 0.6) is 0 Å². The zero-order valence-corrected chi connectivity index (χ0v) is 8.72. The molecule has 7 heteroatoms. The number of hydrogen-bond acceptors (Lipinski definition) is 5. The maximum atomic E-state index is 10.0. The lowest BCUT2D eigenvalue weighted by atomic mass is 10.8. The maximum absolute atomic E-state index is 10.0. The first kappa shape index (κ1) is 14.8. The van der Waals surface area contributed by atoms with Gasteiger partial charge in [0.05, 0.1) is 7.11 Å². The van der Waals surface area contributed by atoms with Crippen LogP contribution in [-0.4, -0.2) is 31.4 Å². The van der Waals surface area contributed by atoms with Crippen molar-refractivity contribution in [1.29, 1.82) is 0 Å². The van der Waals surface area contributed by atoms with Gasteiger partial charge in [-0.1, -0.05) is 23.2 Å². The summed E-state index contributed by atoms with van der Waals surface area (Å²) in [5.74, 6) is -0.245. The molecule has 0 amide bonds. The van der Waals surface area contributed by atoms with Gasteiger partial charge in [-0.05, 0) is 0 Å². The predicted octanol–water partition coefficient (Wildman–Crippen LogP) is 1.71. The van der Waals surface area contributed by atoms with Crippen molar-refractivity contribution in [1.82, 2.24) is 0 Å². The molecule has 0 heterocycles. The summed E-state index contributed by atoms with van der Waals surface area (Å²) in [6.07, 6.45) is -0.852. The minimum absolute atomic E-state index is 0.213. The summed E-state index contributed by atoms with van der Waals surface area (Å²) < 4.78 is 12.3. The van der Waals surface area contributed by atoms with Gasteiger partial charge in [0, 0.05) is 6.92 Å². The van der Waals surface area contributed by atoms with Crippen LogP contribution in [0.4, 0.5) is 4.79 Å². The molecular formula is C6H10Cl2O5. The lowest BCUT2D eigenvalue weighted by molar-refractivity contribution is -0.137. The minimum Gasteiger partial charge on any atom is -0.469 e. The Balaban J connectivity index is 0. The molecular weight excluding hydrogens is 223 g/mol. The van der Waals surface area contributed by atoms with Gasteiger partial charge in [-0.25, -0.2) is 4.79 Å². The van der Waals surface area contributed by atoms with Crippen LogP contribution < -0.4 is 0 Å². The van der Waals surface area contributed by atoms with Gasteiger partial charge in [0.1, 0.15) is 0 Å². The maximum Gasteiger partial charge on any atom is 0.510 e. The van der Waals surface area contributed by atoms with E-state index in [0.29, 0.717) is 0 Å². The quantitative estimate of drug-likeness (QED) is 0.536. The van der Waals surface area contributed by atoms with Gasteiger partial charge in [0.25, 0.3) is 0 Å². The summed E-state index contributed by atoms with van der Waals surface area (Å²) in [4.78, 5) is 19.6. The number of hydrogen-bond donors (Lipinski definition) is 0. The molecule has 0 unspecified atom stereocenters. The first-order valence-corrected chi connectivity index (χ1v) is 4.11. The van der Waals surface area contributed by atoms with Crippen molar-refractivity contribution in [3.8, 4) is 0 Å². The lowest BCUT2D eigenvalue weighted by Crippen LogP contribution is -2.03. The number of esters is 1. The normalized spacial score (nSPS) is 7.69. The van der Waals surface area contributed by atoms with E-state index in [1.165, 1.54) is 14.0 Å². The van der Waals surface area contributed by atoms with Crippen molar-refractivity contribution in [3.05, 3.63) is 0 Å². The number of carbonyl (C=O) groups is 2. The Morgan fingerprint density at radius 1 is 1.15 bits per heavy atom. The van der Waals surface area contributed by atoms with E-state index < -0.39 is 6.16 Å². The van der Waals surface area contributed by atoms with Crippen LogP contribution in [0.25, 0.3) is 0 Å². The molecule has 0 aliphatic carbocycles. The van der Waals surface area contributed by atoms with Crippen LogP contribution in [0.15, 0.2) is 0 Å². The molecule has 0 aromatic heterocycles. The van der Waals surface area contributed by atoms with E-state index in [9.17, 15) is 9.59 Å². The number of alkyl halides is 2. The molecule has 0 atom stereocenters. The van der Waals surface area contributed by atoms with Crippen LogP contribution in [-0.2, 0) is 19.0 Å². The summed E-state index contributed by atoms with van der Waals surface area (Å²) in [7, 11) is 1.35. The number of methoxy groups -OCH3 is 1. The largest absolute Gasteiger partial charge is 0.510 e. The molecule has 78 valence electrons. The van der Waals surface area contributed by atoms with Crippen molar-refractivity contribution < 1.29 is 23.8 Å². The van der Waals surface area contributed by atoms with E-state index in [-0.39, 0.29) is 18.1 Å². The number of halogens is 2. The van der Waals surface area contributed by atoms with E-state index in [1.54, 1.807) is 0 Å². The molecule has 0 saturated carbocycles. The molecule has 0 aromatic rings. The molecule has 0 radical (unpaired) electrons. The first-order chi connectivity index (χ1) is 6.08. The van der Waals surface area contributed by atoms with Gasteiger partial charge in [-0.2, -0.15) is 0 Å². The second-order valence-corrected chi connectivity index (χ2v) is 1.89. The average Bonchev–Trinajstić information content (AvgIpc) is 2.06. The zero-order valence-electron chi connectivity index (χ0n) is 7.21. The number of carbonyl (C=O) groups excluding carboxylic acids is 2. The second kappa shape index (κ2) is 11.3. The minimum atomic E-state index is -0.852. The fourth-order valence-electron chi connectivity index (χ4n) is 0.131. The van der Waals surface area contributed by atoms with E-state index in [2.05, 4.69) is 14.2 Å². The third-order valence-electron chi connectivity index (χ3n) is 0.632. The first-order valence-electron chi connectivity index (χ1n) is 3.04. The van der Waals surface area contributed by atoms with Gasteiger partial charge in [0.2, 0.25) is 0 Å². The summed E-state index contributed by atoms with van der Waals surface area (Å²) in [5.41, 5.74) is 0. The smallest absolute Gasteiger partial charge is 0.469 e. The summed E-state index contributed by atoms with van der Waals surface area (Å²) in [5, 5.41) is 0. The van der Waals surface area contributed by atoms with Crippen LogP contribution in [0.2, 0.25) is 0 Å². The predicted molar refractivity (Wildman–Crippen MR) is 46.7 cm³/mol. The second-order valence-electron chi connectivity index (χ2n) is 1.45. The molecule has 0 aromatic carbocycles. The van der Waals surface area contributed by atoms with Crippen molar-refractivity contribution in [2.24, 2.45) is 0 Å². The average molecular weight is 233 g/mol. The summed E-state index contributed by atoms with van der Waals surface area (Å²) >= 11 is 9.93. The van der Waals surface area contributed by atoms with Gasteiger partial charge >= 0.3 is 12.1 Å². The van der Waals surface area contributed by atoms with Crippen molar-refractivity contribution in [2.75, 3.05) is 19.2 Å². The van der Waals surface area contributed by atoms with Crippen LogP contribution in [0.1, 0.15) is 6.92 Å². The molecule has 0 spiro atoms. The van der Waals surface area contributed by atoms with Crippen LogP contribution >= 0.6 is 23.2 Å². The Labute approximate surface area is 85.8 Å². The van der Waals surface area contributed by atoms with E-state index in [4.69, 9.17) is 23.2 Å². The monoisotopic (exact) mass is 232 g/mol. The van der Waals surface area contributed by atoms with E-state index in [0.717, 1.165) is 0 Å². The Morgan fingerprint density at radius 3 is 1.62 bits per heavy atom. The number of rotatable bonds is 2. The third-order valence-corrected chi connectivity index (χ3v) is 0.850. The highest BCUT2D eigenvalue weighted by atomic mass is 35.5. The van der Waals surface area contributed by atoms with Crippen molar-refractivity contribution >= 4 is 35.3 Å². The number of ether oxygens (including phenoxy) is 3.